The molecule has 4 heteroatoms. The van der Waals surface area contributed by atoms with Crippen LogP contribution in [0.15, 0.2) is 24.3 Å². The molecule has 1 saturated heterocycles. The topological polar surface area (TPSA) is 0 Å². The molecule has 0 radical (unpaired) electrons. The normalized spacial score (nSPS) is 19.7. The van der Waals surface area contributed by atoms with E-state index < -0.39 is 4.44 Å². The zero-order valence-corrected chi connectivity index (χ0v) is 12.3. The highest BCUT2D eigenvalue weighted by Gasteiger charge is 2.28. The minimum atomic E-state index is -1.35. The van der Waals surface area contributed by atoms with E-state index in [2.05, 4.69) is 38.1 Å². The predicted octanol–water partition coefficient (Wildman–Crippen LogP) is 4.22. The van der Waals surface area contributed by atoms with Crippen molar-refractivity contribution in [2.75, 3.05) is 11.5 Å². The van der Waals surface area contributed by atoms with Gasteiger partial charge in [-0.1, -0.05) is 49.9 Å². The molecule has 1 fully saturated rings. The molecule has 1 aliphatic heterocycles. The molecule has 15 heavy (non-hydrogen) atoms. The van der Waals surface area contributed by atoms with Crippen LogP contribution in [0.5, 0.6) is 0 Å². The third-order valence-corrected chi connectivity index (χ3v) is 13.9. The number of hydrogen-bond donors (Lipinski definition) is 0. The van der Waals surface area contributed by atoms with Crippen LogP contribution < -0.4 is 5.30 Å². The van der Waals surface area contributed by atoms with E-state index in [1.54, 1.807) is 0 Å². The summed E-state index contributed by atoms with van der Waals surface area (Å²) in [6.45, 7) is 4.51. The molecule has 0 amide bonds. The summed E-state index contributed by atoms with van der Waals surface area (Å²) in [5, 5.41) is 1.46. The van der Waals surface area contributed by atoms with Crippen molar-refractivity contribution in [3.63, 3.8) is 0 Å². The van der Waals surface area contributed by atoms with E-state index >= 15 is 0 Å². The highest BCUT2D eigenvalue weighted by Crippen LogP contribution is 2.73. The molecule has 0 saturated carbocycles. The molecule has 0 aliphatic carbocycles. The second-order valence-corrected chi connectivity index (χ2v) is 15.2. The van der Waals surface area contributed by atoms with Crippen LogP contribution in [0.25, 0.3) is 0 Å². The summed E-state index contributed by atoms with van der Waals surface area (Å²) in [5.74, 6) is 3.05. The van der Waals surface area contributed by atoms with Gasteiger partial charge in [0, 0.05) is 16.8 Å². The lowest BCUT2D eigenvalue weighted by Crippen LogP contribution is -2.08. The van der Waals surface area contributed by atoms with E-state index in [-0.39, 0.29) is 0 Å². The summed E-state index contributed by atoms with van der Waals surface area (Å²) < 4.78 is -1.35. The second kappa shape index (κ2) is 4.83. The van der Waals surface area contributed by atoms with Gasteiger partial charge >= 0.3 is 0 Å². The first-order valence-corrected chi connectivity index (χ1v) is 11.1. The quantitative estimate of drug-likeness (QED) is 0.741. The lowest BCUT2D eigenvalue weighted by Gasteiger charge is -2.19. The summed E-state index contributed by atoms with van der Waals surface area (Å²) in [4.78, 5) is 0. The number of benzene rings is 1. The standard InChI is InChI=1S/C11H15PS3/c1-9(2)10-5-3-4-6-11(10)12(13)14-7-8-15-12/h3-6,9H,7-8H2,1-2H3. The summed E-state index contributed by atoms with van der Waals surface area (Å²) >= 11 is 9.91. The van der Waals surface area contributed by atoms with Gasteiger partial charge in [-0.15, -0.1) is 22.8 Å². The minimum Gasteiger partial charge on any atom is -0.109 e. The van der Waals surface area contributed by atoms with Gasteiger partial charge in [0.05, 0.1) is 4.44 Å². The van der Waals surface area contributed by atoms with E-state index in [0.29, 0.717) is 5.92 Å². The van der Waals surface area contributed by atoms with Gasteiger partial charge < -0.3 is 0 Å². The van der Waals surface area contributed by atoms with Crippen molar-refractivity contribution in [3.8, 4) is 0 Å². The Bertz CT molecular complexity index is 391. The van der Waals surface area contributed by atoms with Crippen LogP contribution in [0, 0.1) is 0 Å². The third kappa shape index (κ3) is 2.46. The fourth-order valence-electron chi connectivity index (χ4n) is 1.72. The molecule has 1 aromatic carbocycles. The zero-order chi connectivity index (χ0) is 10.9. The Hall–Kier alpha value is 0.570. The first-order valence-electron chi connectivity index (χ1n) is 5.12. The third-order valence-electron chi connectivity index (χ3n) is 2.46. The van der Waals surface area contributed by atoms with Crippen molar-refractivity contribution in [2.45, 2.75) is 19.8 Å². The van der Waals surface area contributed by atoms with Crippen molar-refractivity contribution < 1.29 is 0 Å². The van der Waals surface area contributed by atoms with Gasteiger partial charge in [-0.05, 0) is 11.5 Å². The molecule has 82 valence electrons. The van der Waals surface area contributed by atoms with Crippen LogP contribution in [0.1, 0.15) is 25.3 Å². The van der Waals surface area contributed by atoms with Crippen LogP contribution in [-0.2, 0) is 11.8 Å². The van der Waals surface area contributed by atoms with E-state index in [0.717, 1.165) is 0 Å². The molecule has 0 aromatic heterocycles. The van der Waals surface area contributed by atoms with Crippen molar-refractivity contribution >= 4 is 44.3 Å². The molecule has 0 nitrogen and oxygen atoms in total. The fourth-order valence-corrected chi connectivity index (χ4v) is 12.8. The SMILES string of the molecule is CC(C)c1ccccc1P1(=S)SCCS1. The Balaban J connectivity index is 2.47. The molecule has 0 atom stereocenters. The maximum atomic E-state index is 5.88. The minimum absolute atomic E-state index is 0.586. The molecular weight excluding hydrogens is 259 g/mol. The van der Waals surface area contributed by atoms with Gasteiger partial charge in [0.25, 0.3) is 0 Å². The largest absolute Gasteiger partial charge is 0.109 e. The van der Waals surface area contributed by atoms with Gasteiger partial charge in [0.15, 0.2) is 0 Å². The van der Waals surface area contributed by atoms with Gasteiger partial charge in [-0.3, -0.25) is 0 Å². The van der Waals surface area contributed by atoms with Crippen molar-refractivity contribution in [3.05, 3.63) is 29.8 Å². The molecule has 1 heterocycles. The van der Waals surface area contributed by atoms with Gasteiger partial charge in [-0.25, -0.2) is 0 Å². The van der Waals surface area contributed by atoms with Crippen LogP contribution >= 0.6 is 27.2 Å². The van der Waals surface area contributed by atoms with E-state index in [4.69, 9.17) is 11.8 Å². The highest BCUT2D eigenvalue weighted by atomic mass is 33.2. The first kappa shape index (κ1) is 12.0. The Morgan fingerprint density at radius 1 is 1.20 bits per heavy atom. The fraction of sp³-hybridized carbons (Fsp3) is 0.455. The van der Waals surface area contributed by atoms with Crippen molar-refractivity contribution in [2.24, 2.45) is 0 Å². The number of rotatable bonds is 2. The van der Waals surface area contributed by atoms with Crippen LogP contribution in [-0.4, -0.2) is 11.5 Å². The maximum absolute atomic E-state index is 5.88. The average molecular weight is 274 g/mol. The Labute approximate surface area is 105 Å². The van der Waals surface area contributed by atoms with Crippen molar-refractivity contribution in [1.82, 2.24) is 0 Å². The van der Waals surface area contributed by atoms with E-state index in [9.17, 15) is 0 Å². The zero-order valence-electron chi connectivity index (χ0n) is 8.97. The summed E-state index contributed by atoms with van der Waals surface area (Å²) in [6, 6.07) is 8.76. The molecule has 0 bridgehead atoms. The molecule has 0 unspecified atom stereocenters. The summed E-state index contributed by atoms with van der Waals surface area (Å²) in [7, 11) is 0. The second-order valence-electron chi connectivity index (χ2n) is 3.88. The number of hydrogen-bond acceptors (Lipinski definition) is 3. The smallest absolute Gasteiger partial charge is 0.0853 e. The van der Waals surface area contributed by atoms with E-state index in [1.807, 2.05) is 22.8 Å². The molecule has 1 aliphatic rings. The first-order chi connectivity index (χ1) is 7.13. The lowest BCUT2D eigenvalue weighted by atomic mass is 10.0. The molecular formula is C11H15PS3. The lowest BCUT2D eigenvalue weighted by molar-refractivity contribution is 0.874. The van der Waals surface area contributed by atoms with Crippen molar-refractivity contribution in [1.29, 1.82) is 0 Å². The molecule has 0 spiro atoms. The monoisotopic (exact) mass is 274 g/mol. The Morgan fingerprint density at radius 3 is 2.40 bits per heavy atom. The Morgan fingerprint density at radius 2 is 1.80 bits per heavy atom. The molecule has 0 N–H and O–H groups in total. The maximum Gasteiger partial charge on any atom is 0.0853 e. The predicted molar refractivity (Wildman–Crippen MR) is 79.4 cm³/mol. The van der Waals surface area contributed by atoms with E-state index in [1.165, 1.54) is 22.4 Å². The van der Waals surface area contributed by atoms with Crippen LogP contribution in [0.4, 0.5) is 0 Å². The van der Waals surface area contributed by atoms with Gasteiger partial charge in [-0.2, -0.15) is 0 Å². The van der Waals surface area contributed by atoms with Gasteiger partial charge in [0.1, 0.15) is 0 Å². The van der Waals surface area contributed by atoms with Crippen LogP contribution in [0.3, 0.4) is 0 Å². The average Bonchev–Trinajstić information content (AvgIpc) is 2.66. The molecule has 1 aromatic rings. The Kier molecular flexibility index (Phi) is 3.88. The van der Waals surface area contributed by atoms with Gasteiger partial charge in [0.2, 0.25) is 0 Å². The summed E-state index contributed by atoms with van der Waals surface area (Å²) in [6.07, 6.45) is 0. The van der Waals surface area contributed by atoms with Crippen LogP contribution in [0.2, 0.25) is 0 Å². The highest BCUT2D eigenvalue weighted by molar-refractivity contribution is 9.03. The molecule has 2 rings (SSSR count). The summed E-state index contributed by atoms with van der Waals surface area (Å²) in [5.41, 5.74) is 1.46.